The van der Waals surface area contributed by atoms with E-state index in [-0.39, 0.29) is 5.54 Å². The van der Waals surface area contributed by atoms with Crippen LogP contribution in [0.3, 0.4) is 0 Å². The molecule has 1 aromatic rings. The van der Waals surface area contributed by atoms with Crippen LogP contribution in [0.1, 0.15) is 38.4 Å². The highest BCUT2D eigenvalue weighted by atomic mass is 15.3. The molecule has 1 fully saturated rings. The van der Waals surface area contributed by atoms with Crippen LogP contribution in [0.15, 0.2) is 6.33 Å². The van der Waals surface area contributed by atoms with Gasteiger partial charge in [-0.3, -0.25) is 0 Å². The number of aryl methyl sites for hydroxylation is 1. The smallest absolute Gasteiger partial charge is 0.152 e. The maximum absolute atomic E-state index is 6.28. The zero-order valence-electron chi connectivity index (χ0n) is 8.03. The molecular weight excluding hydrogens is 164 g/mol. The summed E-state index contributed by atoms with van der Waals surface area (Å²) in [6.07, 6.45) is 6.29. The van der Waals surface area contributed by atoms with Crippen LogP contribution in [0.25, 0.3) is 0 Å². The van der Waals surface area contributed by atoms with E-state index in [9.17, 15) is 0 Å². The molecule has 1 aliphatic carbocycles. The van der Waals surface area contributed by atoms with Gasteiger partial charge in [-0.1, -0.05) is 12.8 Å². The minimum Gasteiger partial charge on any atom is -0.319 e. The summed E-state index contributed by atoms with van der Waals surface area (Å²) in [5, 5.41) is 8.04. The first-order valence-corrected chi connectivity index (χ1v) is 4.93. The maximum atomic E-state index is 6.28. The van der Waals surface area contributed by atoms with Crippen molar-refractivity contribution in [3.05, 3.63) is 12.2 Å². The second-order valence-electron chi connectivity index (χ2n) is 3.80. The van der Waals surface area contributed by atoms with Crippen molar-refractivity contribution in [2.75, 3.05) is 0 Å². The van der Waals surface area contributed by atoms with E-state index in [1.54, 1.807) is 6.33 Å². The van der Waals surface area contributed by atoms with E-state index in [2.05, 4.69) is 17.1 Å². The Kier molecular flexibility index (Phi) is 2.07. The first-order chi connectivity index (χ1) is 6.26. The molecule has 1 aromatic heterocycles. The number of hydrogen-bond acceptors (Lipinski definition) is 3. The van der Waals surface area contributed by atoms with Crippen molar-refractivity contribution >= 4 is 0 Å². The molecule has 0 saturated heterocycles. The molecule has 4 heteroatoms. The van der Waals surface area contributed by atoms with Crippen molar-refractivity contribution in [3.63, 3.8) is 0 Å². The summed E-state index contributed by atoms with van der Waals surface area (Å²) in [5.74, 6) is 0.965. The van der Waals surface area contributed by atoms with Crippen molar-refractivity contribution in [3.8, 4) is 0 Å². The Hall–Kier alpha value is -0.900. The highest BCUT2D eigenvalue weighted by molar-refractivity contribution is 5.07. The van der Waals surface area contributed by atoms with Crippen LogP contribution < -0.4 is 5.73 Å². The Bertz CT molecular complexity index is 286. The van der Waals surface area contributed by atoms with E-state index in [1.165, 1.54) is 12.8 Å². The van der Waals surface area contributed by atoms with Crippen LogP contribution in [0, 0.1) is 0 Å². The normalized spacial score (nSPS) is 20.8. The van der Waals surface area contributed by atoms with Gasteiger partial charge >= 0.3 is 0 Å². The third kappa shape index (κ3) is 1.35. The molecule has 13 heavy (non-hydrogen) atoms. The lowest BCUT2D eigenvalue weighted by molar-refractivity contribution is 0.409. The number of nitrogens with two attached hydrogens (primary N) is 1. The monoisotopic (exact) mass is 180 g/mol. The van der Waals surface area contributed by atoms with Crippen molar-refractivity contribution in [2.45, 2.75) is 44.7 Å². The molecule has 0 bridgehead atoms. The van der Waals surface area contributed by atoms with E-state index in [4.69, 9.17) is 5.73 Å². The summed E-state index contributed by atoms with van der Waals surface area (Å²) in [6, 6.07) is 0. The van der Waals surface area contributed by atoms with Crippen molar-refractivity contribution in [1.82, 2.24) is 14.8 Å². The first kappa shape index (κ1) is 8.69. The summed E-state index contributed by atoms with van der Waals surface area (Å²) in [7, 11) is 0. The minimum absolute atomic E-state index is 0.202. The van der Waals surface area contributed by atoms with Crippen LogP contribution in [0.4, 0.5) is 0 Å². The topological polar surface area (TPSA) is 56.7 Å². The third-order valence-electron chi connectivity index (χ3n) is 2.90. The highest BCUT2D eigenvalue weighted by Crippen LogP contribution is 2.34. The summed E-state index contributed by atoms with van der Waals surface area (Å²) < 4.78 is 2.05. The average Bonchev–Trinajstić information content (AvgIpc) is 2.72. The van der Waals surface area contributed by atoms with Gasteiger partial charge in [0.1, 0.15) is 6.33 Å². The fourth-order valence-electron chi connectivity index (χ4n) is 2.10. The number of hydrogen-bond donors (Lipinski definition) is 1. The van der Waals surface area contributed by atoms with Crippen molar-refractivity contribution in [1.29, 1.82) is 0 Å². The van der Waals surface area contributed by atoms with Crippen LogP contribution >= 0.6 is 0 Å². The largest absolute Gasteiger partial charge is 0.319 e. The number of nitrogens with zero attached hydrogens (tertiary/aromatic N) is 3. The first-order valence-electron chi connectivity index (χ1n) is 4.93. The lowest BCUT2D eigenvalue weighted by Crippen LogP contribution is -2.36. The zero-order valence-corrected chi connectivity index (χ0v) is 8.03. The van der Waals surface area contributed by atoms with Gasteiger partial charge in [0.15, 0.2) is 5.82 Å². The third-order valence-corrected chi connectivity index (χ3v) is 2.90. The molecule has 1 aliphatic rings. The Morgan fingerprint density at radius 2 is 2.23 bits per heavy atom. The molecule has 2 rings (SSSR count). The second-order valence-corrected chi connectivity index (χ2v) is 3.80. The van der Waals surface area contributed by atoms with Gasteiger partial charge < -0.3 is 10.3 Å². The quantitative estimate of drug-likeness (QED) is 0.739. The fraction of sp³-hybridized carbons (Fsp3) is 0.778. The molecule has 0 radical (unpaired) electrons. The van der Waals surface area contributed by atoms with Gasteiger partial charge in [0.05, 0.1) is 5.54 Å². The van der Waals surface area contributed by atoms with Gasteiger partial charge in [-0.2, -0.15) is 0 Å². The molecule has 2 N–H and O–H groups in total. The van der Waals surface area contributed by atoms with E-state index >= 15 is 0 Å². The Labute approximate surface area is 78.1 Å². The van der Waals surface area contributed by atoms with Gasteiger partial charge in [0, 0.05) is 6.54 Å². The van der Waals surface area contributed by atoms with E-state index in [0.717, 1.165) is 25.2 Å². The van der Waals surface area contributed by atoms with Crippen molar-refractivity contribution in [2.24, 2.45) is 5.73 Å². The standard InChI is InChI=1S/C9H16N4/c1-2-13-7-11-12-8(13)9(10)5-3-4-6-9/h7H,2-6,10H2,1H3. The van der Waals surface area contributed by atoms with Crippen LogP contribution in [-0.2, 0) is 12.1 Å². The lowest BCUT2D eigenvalue weighted by atomic mass is 9.98. The summed E-state index contributed by atoms with van der Waals surface area (Å²) in [6.45, 7) is 2.99. The average molecular weight is 180 g/mol. The van der Waals surface area contributed by atoms with Crippen LogP contribution in [-0.4, -0.2) is 14.8 Å². The van der Waals surface area contributed by atoms with E-state index < -0.39 is 0 Å². The Morgan fingerprint density at radius 1 is 1.54 bits per heavy atom. The molecule has 0 unspecified atom stereocenters. The molecular formula is C9H16N4. The van der Waals surface area contributed by atoms with Gasteiger partial charge in [0.2, 0.25) is 0 Å². The summed E-state index contributed by atoms with van der Waals surface area (Å²) >= 11 is 0. The SMILES string of the molecule is CCn1cnnc1C1(N)CCCC1. The Balaban J connectivity index is 2.32. The molecule has 0 aliphatic heterocycles. The number of rotatable bonds is 2. The minimum atomic E-state index is -0.202. The van der Waals surface area contributed by atoms with Gasteiger partial charge in [-0.25, -0.2) is 0 Å². The lowest BCUT2D eigenvalue weighted by Gasteiger charge is -2.22. The van der Waals surface area contributed by atoms with Crippen LogP contribution in [0.5, 0.6) is 0 Å². The second kappa shape index (κ2) is 3.10. The summed E-state index contributed by atoms with van der Waals surface area (Å²) in [5.41, 5.74) is 6.08. The number of aromatic nitrogens is 3. The predicted molar refractivity (Wildman–Crippen MR) is 50.0 cm³/mol. The predicted octanol–water partition coefficient (Wildman–Crippen LogP) is 1.03. The molecule has 0 spiro atoms. The van der Waals surface area contributed by atoms with Gasteiger partial charge in [-0.15, -0.1) is 10.2 Å². The molecule has 1 saturated carbocycles. The van der Waals surface area contributed by atoms with Gasteiger partial charge in [0.25, 0.3) is 0 Å². The summed E-state index contributed by atoms with van der Waals surface area (Å²) in [4.78, 5) is 0. The zero-order chi connectivity index (χ0) is 9.31. The van der Waals surface area contributed by atoms with Crippen LogP contribution in [0.2, 0.25) is 0 Å². The van der Waals surface area contributed by atoms with Gasteiger partial charge in [-0.05, 0) is 19.8 Å². The molecule has 0 amide bonds. The van der Waals surface area contributed by atoms with E-state index in [1.807, 2.05) is 4.57 Å². The molecule has 0 atom stereocenters. The Morgan fingerprint density at radius 3 is 2.85 bits per heavy atom. The molecule has 72 valence electrons. The molecule has 4 nitrogen and oxygen atoms in total. The van der Waals surface area contributed by atoms with Crippen molar-refractivity contribution < 1.29 is 0 Å². The molecule has 0 aromatic carbocycles. The maximum Gasteiger partial charge on any atom is 0.152 e. The highest BCUT2D eigenvalue weighted by Gasteiger charge is 2.35. The molecule has 1 heterocycles. The fourth-order valence-corrected chi connectivity index (χ4v) is 2.10. The van der Waals surface area contributed by atoms with E-state index in [0.29, 0.717) is 0 Å².